The molecular formula is C15H27Cl2N5O. The molecule has 0 aromatic carbocycles. The van der Waals surface area contributed by atoms with E-state index in [-0.39, 0.29) is 24.8 Å². The first-order valence-electron chi connectivity index (χ1n) is 7.79. The Balaban J connectivity index is 0.00000132. The molecule has 3 rings (SSSR count). The van der Waals surface area contributed by atoms with Gasteiger partial charge in [-0.15, -0.1) is 24.8 Å². The third kappa shape index (κ3) is 4.83. The van der Waals surface area contributed by atoms with Crippen LogP contribution in [0, 0.1) is 5.92 Å². The monoisotopic (exact) mass is 363 g/mol. The van der Waals surface area contributed by atoms with E-state index in [1.165, 1.54) is 0 Å². The van der Waals surface area contributed by atoms with Crippen LogP contribution in [0.5, 0.6) is 0 Å². The van der Waals surface area contributed by atoms with Gasteiger partial charge in [-0.05, 0) is 31.6 Å². The summed E-state index contributed by atoms with van der Waals surface area (Å²) in [4.78, 5) is 11.1. The molecule has 0 spiro atoms. The molecule has 0 amide bonds. The summed E-state index contributed by atoms with van der Waals surface area (Å²) in [6, 6.07) is 2.42. The minimum Gasteiger partial charge on any atom is -0.384 e. The molecule has 8 heteroatoms. The molecule has 2 heterocycles. The second-order valence-electron chi connectivity index (χ2n) is 6.32. The predicted octanol–water partition coefficient (Wildman–Crippen LogP) is 1.97. The van der Waals surface area contributed by atoms with Crippen molar-refractivity contribution in [1.29, 1.82) is 0 Å². The molecule has 6 nitrogen and oxygen atoms in total. The highest BCUT2D eigenvalue weighted by atomic mass is 35.5. The van der Waals surface area contributed by atoms with Gasteiger partial charge in [0, 0.05) is 44.8 Å². The van der Waals surface area contributed by atoms with Crippen LogP contribution in [-0.4, -0.2) is 42.8 Å². The summed E-state index contributed by atoms with van der Waals surface area (Å²) >= 11 is 0. The largest absolute Gasteiger partial charge is 0.384 e. The van der Waals surface area contributed by atoms with Crippen LogP contribution in [-0.2, 0) is 4.74 Å². The fourth-order valence-electron chi connectivity index (χ4n) is 3.31. The average molecular weight is 364 g/mol. The molecule has 4 N–H and O–H groups in total. The number of hydrogen-bond donors (Lipinski definition) is 2. The summed E-state index contributed by atoms with van der Waals surface area (Å²) in [5.74, 6) is 2.46. The zero-order valence-electron chi connectivity index (χ0n) is 13.5. The maximum atomic E-state index is 5.89. The second-order valence-corrected chi connectivity index (χ2v) is 6.32. The fourth-order valence-corrected chi connectivity index (χ4v) is 3.31. The third-order valence-electron chi connectivity index (χ3n) is 4.68. The summed E-state index contributed by atoms with van der Waals surface area (Å²) in [6.45, 7) is 2.87. The standard InChI is InChI=1S/C15H25N5O.2ClH/c1-21-9-10-2-4-20(5-3-10)14-8-13(18-15(17)19-14)11-6-12(16)7-11;;/h8,10-12H,2-7,9,16H2,1H3,(H2,17,18,19);2*1H. The Bertz CT molecular complexity index is 491. The number of piperidine rings is 1. The third-order valence-corrected chi connectivity index (χ3v) is 4.68. The first-order chi connectivity index (χ1) is 10.2. The van der Waals surface area contributed by atoms with E-state index in [0.29, 0.717) is 23.8 Å². The van der Waals surface area contributed by atoms with Gasteiger partial charge in [0.2, 0.25) is 5.95 Å². The summed E-state index contributed by atoms with van der Waals surface area (Å²) in [5.41, 5.74) is 12.8. The van der Waals surface area contributed by atoms with Crippen LogP contribution < -0.4 is 16.4 Å². The smallest absolute Gasteiger partial charge is 0.222 e. The Morgan fingerprint density at radius 1 is 1.22 bits per heavy atom. The molecule has 2 aliphatic rings. The van der Waals surface area contributed by atoms with E-state index in [0.717, 1.165) is 56.9 Å². The molecule has 0 radical (unpaired) electrons. The van der Waals surface area contributed by atoms with Gasteiger partial charge in [-0.2, -0.15) is 4.98 Å². The molecule has 1 aromatic rings. The van der Waals surface area contributed by atoms with E-state index in [1.54, 1.807) is 7.11 Å². The van der Waals surface area contributed by atoms with Crippen molar-refractivity contribution in [1.82, 2.24) is 9.97 Å². The van der Waals surface area contributed by atoms with Gasteiger partial charge in [0.05, 0.1) is 5.69 Å². The van der Waals surface area contributed by atoms with Crippen LogP contribution in [0.2, 0.25) is 0 Å². The number of nitrogen functional groups attached to an aromatic ring is 1. The highest BCUT2D eigenvalue weighted by Crippen LogP contribution is 2.36. The van der Waals surface area contributed by atoms with Gasteiger partial charge in [0.15, 0.2) is 0 Å². The molecule has 1 aromatic heterocycles. The summed E-state index contributed by atoms with van der Waals surface area (Å²) in [5, 5.41) is 0. The van der Waals surface area contributed by atoms with Crippen LogP contribution in [0.4, 0.5) is 11.8 Å². The van der Waals surface area contributed by atoms with Crippen molar-refractivity contribution in [2.24, 2.45) is 11.7 Å². The summed E-state index contributed by atoms with van der Waals surface area (Å²) in [7, 11) is 1.77. The molecule has 1 aliphatic heterocycles. The molecule has 132 valence electrons. The molecule has 1 saturated heterocycles. The van der Waals surface area contributed by atoms with Crippen LogP contribution in [0.1, 0.15) is 37.3 Å². The van der Waals surface area contributed by atoms with Gasteiger partial charge in [-0.3, -0.25) is 0 Å². The maximum Gasteiger partial charge on any atom is 0.222 e. The van der Waals surface area contributed by atoms with Crippen molar-refractivity contribution in [3.63, 3.8) is 0 Å². The van der Waals surface area contributed by atoms with Crippen molar-refractivity contribution in [3.05, 3.63) is 11.8 Å². The van der Waals surface area contributed by atoms with Gasteiger partial charge in [0.25, 0.3) is 0 Å². The van der Waals surface area contributed by atoms with Crippen molar-refractivity contribution in [2.75, 3.05) is 37.4 Å². The molecule has 2 fully saturated rings. The Morgan fingerprint density at radius 3 is 2.43 bits per heavy atom. The molecule has 0 bridgehead atoms. The minimum atomic E-state index is 0. The van der Waals surface area contributed by atoms with E-state index >= 15 is 0 Å². The number of nitrogens with zero attached hydrogens (tertiary/aromatic N) is 3. The lowest BCUT2D eigenvalue weighted by Gasteiger charge is -2.34. The SMILES string of the molecule is COCC1CCN(c2cc(C3CC(N)C3)nc(N)n2)CC1.Cl.Cl. The number of anilines is 2. The Morgan fingerprint density at radius 2 is 1.87 bits per heavy atom. The molecule has 1 aliphatic carbocycles. The van der Waals surface area contributed by atoms with Crippen molar-refractivity contribution >= 4 is 36.6 Å². The lowest BCUT2D eigenvalue weighted by molar-refractivity contribution is 0.139. The maximum absolute atomic E-state index is 5.89. The van der Waals surface area contributed by atoms with Crippen LogP contribution in [0.3, 0.4) is 0 Å². The zero-order valence-corrected chi connectivity index (χ0v) is 15.1. The number of aromatic nitrogens is 2. The highest BCUT2D eigenvalue weighted by molar-refractivity contribution is 5.85. The van der Waals surface area contributed by atoms with Gasteiger partial charge in [-0.25, -0.2) is 4.98 Å². The van der Waals surface area contributed by atoms with E-state index in [2.05, 4.69) is 20.9 Å². The van der Waals surface area contributed by atoms with Gasteiger partial charge in [0.1, 0.15) is 5.82 Å². The number of ether oxygens (including phenoxy) is 1. The number of methoxy groups -OCH3 is 1. The van der Waals surface area contributed by atoms with E-state index in [9.17, 15) is 0 Å². The lowest BCUT2D eigenvalue weighted by atomic mass is 9.78. The topological polar surface area (TPSA) is 90.3 Å². The first-order valence-corrected chi connectivity index (χ1v) is 7.79. The van der Waals surface area contributed by atoms with Gasteiger partial charge in [-0.1, -0.05) is 0 Å². The molecule has 1 saturated carbocycles. The first kappa shape index (κ1) is 20.2. The normalized spacial score (nSPS) is 24.3. The van der Waals surface area contributed by atoms with Gasteiger partial charge >= 0.3 is 0 Å². The number of nitrogens with two attached hydrogens (primary N) is 2. The minimum absolute atomic E-state index is 0. The lowest BCUT2D eigenvalue weighted by Crippen LogP contribution is -2.37. The number of halogens is 2. The number of hydrogen-bond acceptors (Lipinski definition) is 6. The highest BCUT2D eigenvalue weighted by Gasteiger charge is 2.30. The van der Waals surface area contributed by atoms with Crippen LogP contribution in [0.25, 0.3) is 0 Å². The van der Waals surface area contributed by atoms with E-state index in [4.69, 9.17) is 16.2 Å². The van der Waals surface area contributed by atoms with Crippen LogP contribution >= 0.6 is 24.8 Å². The molecule has 0 unspecified atom stereocenters. The van der Waals surface area contributed by atoms with Crippen molar-refractivity contribution in [3.8, 4) is 0 Å². The molecule has 23 heavy (non-hydrogen) atoms. The fraction of sp³-hybridized carbons (Fsp3) is 0.733. The zero-order chi connectivity index (χ0) is 14.8. The summed E-state index contributed by atoms with van der Waals surface area (Å²) in [6.07, 6.45) is 4.29. The average Bonchev–Trinajstić information content (AvgIpc) is 2.44. The van der Waals surface area contributed by atoms with E-state index in [1.807, 2.05) is 0 Å². The Labute approximate surface area is 150 Å². The summed E-state index contributed by atoms with van der Waals surface area (Å²) < 4.78 is 5.25. The number of rotatable bonds is 4. The molecular weight excluding hydrogens is 337 g/mol. The predicted molar refractivity (Wildman–Crippen MR) is 97.7 cm³/mol. The Hall–Kier alpha value is -0.820. The van der Waals surface area contributed by atoms with E-state index < -0.39 is 0 Å². The van der Waals surface area contributed by atoms with Crippen molar-refractivity contribution < 1.29 is 4.74 Å². The Kier molecular flexibility index (Phi) is 7.80. The van der Waals surface area contributed by atoms with Crippen LogP contribution in [0.15, 0.2) is 6.07 Å². The molecule has 0 atom stereocenters. The second kappa shape index (κ2) is 8.87. The van der Waals surface area contributed by atoms with Crippen molar-refractivity contribution in [2.45, 2.75) is 37.6 Å². The van der Waals surface area contributed by atoms with Gasteiger partial charge < -0.3 is 21.1 Å². The quantitative estimate of drug-likeness (QED) is 0.849.